The molecule has 0 aliphatic carbocycles. The number of aromatic nitrogens is 4. The van der Waals surface area contributed by atoms with E-state index in [9.17, 15) is 18.0 Å². The first-order valence-electron chi connectivity index (χ1n) is 10.4. The molecule has 0 saturated carbocycles. The third kappa shape index (κ3) is 4.53. The lowest BCUT2D eigenvalue weighted by Gasteiger charge is -2.07. The van der Waals surface area contributed by atoms with Crippen LogP contribution < -0.4 is 11.2 Å². The minimum atomic E-state index is -4.46. The van der Waals surface area contributed by atoms with Crippen LogP contribution in [-0.2, 0) is 17.5 Å². The molecule has 2 aromatic carbocycles. The number of benzene rings is 2. The first-order chi connectivity index (χ1) is 17.3. The molecular weight excluding hydrogens is 479 g/mol. The fourth-order valence-corrected chi connectivity index (χ4v) is 3.54. The van der Waals surface area contributed by atoms with Gasteiger partial charge in [-0.3, -0.25) is 4.79 Å². The summed E-state index contributed by atoms with van der Waals surface area (Å²) in [6.45, 7) is -0.173. The number of rotatable bonds is 6. The quantitative estimate of drug-likeness (QED) is 0.267. The minimum absolute atomic E-state index is 0.0272. The number of nitrogen functional groups attached to an aromatic ring is 1. The van der Waals surface area contributed by atoms with Crippen LogP contribution >= 0.6 is 0 Å². The molecule has 0 unspecified atom stereocenters. The Kier molecular flexibility index (Phi) is 5.72. The Morgan fingerprint density at radius 1 is 1.11 bits per heavy atom. The summed E-state index contributed by atoms with van der Waals surface area (Å²) < 4.78 is 50.7. The van der Waals surface area contributed by atoms with Crippen molar-refractivity contribution in [1.29, 1.82) is 0 Å². The van der Waals surface area contributed by atoms with Gasteiger partial charge < -0.3 is 14.7 Å². The molecule has 0 fully saturated rings. The van der Waals surface area contributed by atoms with E-state index in [1.54, 1.807) is 28.8 Å². The van der Waals surface area contributed by atoms with Gasteiger partial charge in [-0.05, 0) is 46.7 Å². The molecule has 0 aliphatic heterocycles. The zero-order chi connectivity index (χ0) is 25.3. The molecule has 10 nitrogen and oxygen atoms in total. The first kappa shape index (κ1) is 22.8. The Labute approximate surface area is 200 Å². The highest BCUT2D eigenvalue weighted by Crippen LogP contribution is 2.32. The lowest BCUT2D eigenvalue weighted by molar-refractivity contribution is -0.137. The van der Waals surface area contributed by atoms with E-state index < -0.39 is 17.6 Å². The van der Waals surface area contributed by atoms with Crippen LogP contribution in [-0.4, -0.2) is 32.0 Å². The molecule has 0 spiro atoms. The third-order valence-corrected chi connectivity index (χ3v) is 5.16. The van der Waals surface area contributed by atoms with Gasteiger partial charge in [-0.1, -0.05) is 24.3 Å². The maximum Gasteiger partial charge on any atom is 0.416 e. The van der Waals surface area contributed by atoms with Crippen molar-refractivity contribution in [3.8, 4) is 22.8 Å². The fraction of sp³-hybridized carbons (Fsp3) is 0.0870. The van der Waals surface area contributed by atoms with Gasteiger partial charge >= 0.3 is 6.18 Å². The normalized spacial score (nSPS) is 12.0. The van der Waals surface area contributed by atoms with Crippen molar-refractivity contribution in [2.24, 2.45) is 5.10 Å². The van der Waals surface area contributed by atoms with E-state index in [2.05, 4.69) is 30.5 Å². The summed E-state index contributed by atoms with van der Waals surface area (Å²) in [5, 5.41) is 11.2. The van der Waals surface area contributed by atoms with Gasteiger partial charge in [-0.25, -0.2) is 15.0 Å². The number of anilines is 1. The standard InChI is InChI=1S/C23H16F3N7O3/c24-23(25,26)14-5-3-4-13(10-14)18-9-8-15(35-18)11-28-30-19(34)12-33-17-7-2-1-6-16(17)29-22(33)20-21(27)32-36-31-20/h1-11H,12H2,(H2,27,32)(H,30,34)/b28-11+. The van der Waals surface area contributed by atoms with Crippen molar-refractivity contribution >= 4 is 29.0 Å². The highest BCUT2D eigenvalue weighted by Gasteiger charge is 2.30. The number of nitrogens with zero attached hydrogens (tertiary/aromatic N) is 5. The molecule has 36 heavy (non-hydrogen) atoms. The molecular formula is C23H16F3N7O3. The number of hydrogen-bond acceptors (Lipinski definition) is 8. The minimum Gasteiger partial charge on any atom is -0.455 e. The SMILES string of the molecule is Nc1nonc1-c1nc2ccccc2n1CC(=O)N/N=C/c1ccc(-c2cccc(C(F)(F)F)c2)o1. The molecule has 0 saturated heterocycles. The molecule has 3 aromatic heterocycles. The van der Waals surface area contributed by atoms with Crippen LogP contribution in [0.25, 0.3) is 33.9 Å². The molecule has 5 rings (SSSR count). The van der Waals surface area contributed by atoms with Crippen LogP contribution in [0.15, 0.2) is 74.8 Å². The van der Waals surface area contributed by atoms with Crippen LogP contribution in [0.1, 0.15) is 11.3 Å². The summed E-state index contributed by atoms with van der Waals surface area (Å²) in [6, 6.07) is 15.0. The largest absolute Gasteiger partial charge is 0.455 e. The van der Waals surface area contributed by atoms with E-state index in [1.165, 1.54) is 30.5 Å². The average Bonchev–Trinajstić information content (AvgIpc) is 3.58. The van der Waals surface area contributed by atoms with Gasteiger partial charge in [0, 0.05) is 5.56 Å². The highest BCUT2D eigenvalue weighted by molar-refractivity contribution is 5.86. The van der Waals surface area contributed by atoms with E-state index in [1.807, 2.05) is 0 Å². The fourth-order valence-electron chi connectivity index (χ4n) is 3.54. The van der Waals surface area contributed by atoms with E-state index in [4.69, 9.17) is 10.2 Å². The zero-order valence-corrected chi connectivity index (χ0v) is 18.2. The Hall–Kier alpha value is -4.94. The van der Waals surface area contributed by atoms with Crippen LogP contribution in [0.5, 0.6) is 0 Å². The summed E-state index contributed by atoms with van der Waals surface area (Å²) in [4.78, 5) is 17.1. The molecule has 3 heterocycles. The monoisotopic (exact) mass is 495 g/mol. The van der Waals surface area contributed by atoms with Gasteiger partial charge in [-0.2, -0.15) is 18.3 Å². The predicted molar refractivity (Wildman–Crippen MR) is 122 cm³/mol. The predicted octanol–water partition coefficient (Wildman–Crippen LogP) is 4.10. The van der Waals surface area contributed by atoms with Gasteiger partial charge in [0.15, 0.2) is 17.3 Å². The number of nitrogens with two attached hydrogens (primary N) is 1. The third-order valence-electron chi connectivity index (χ3n) is 5.16. The van der Waals surface area contributed by atoms with Crippen molar-refractivity contribution in [3.63, 3.8) is 0 Å². The number of carbonyl (C=O) groups is 1. The number of fused-ring (bicyclic) bond motifs is 1. The Balaban J connectivity index is 1.30. The van der Waals surface area contributed by atoms with Gasteiger partial charge in [0.2, 0.25) is 0 Å². The molecule has 182 valence electrons. The van der Waals surface area contributed by atoms with Crippen molar-refractivity contribution in [1.82, 2.24) is 25.3 Å². The molecule has 5 aromatic rings. The molecule has 13 heteroatoms. The lowest BCUT2D eigenvalue weighted by atomic mass is 10.1. The second kappa shape index (κ2) is 9.02. The zero-order valence-electron chi connectivity index (χ0n) is 18.2. The molecule has 0 atom stereocenters. The number of carbonyl (C=O) groups excluding carboxylic acids is 1. The van der Waals surface area contributed by atoms with E-state index in [-0.39, 0.29) is 35.1 Å². The number of hydrogen-bond donors (Lipinski definition) is 2. The number of amides is 1. The number of halogens is 3. The average molecular weight is 495 g/mol. The molecule has 0 aliphatic rings. The smallest absolute Gasteiger partial charge is 0.416 e. The maximum absolute atomic E-state index is 13.0. The maximum atomic E-state index is 13.0. The van der Waals surface area contributed by atoms with Gasteiger partial charge in [0.25, 0.3) is 5.91 Å². The summed E-state index contributed by atoms with van der Waals surface area (Å²) in [6.07, 6.45) is -3.23. The lowest BCUT2D eigenvalue weighted by Crippen LogP contribution is -2.23. The van der Waals surface area contributed by atoms with E-state index >= 15 is 0 Å². The molecule has 3 N–H and O–H groups in total. The number of furan rings is 1. The summed E-state index contributed by atoms with van der Waals surface area (Å²) in [5.74, 6) is 0.292. The number of hydrazone groups is 1. The Bertz CT molecular complexity index is 1580. The topological polar surface area (TPSA) is 137 Å². The molecule has 1 amide bonds. The second-order valence-corrected chi connectivity index (χ2v) is 7.58. The number of alkyl halides is 3. The molecule has 0 bridgehead atoms. The Morgan fingerprint density at radius 2 is 1.94 bits per heavy atom. The van der Waals surface area contributed by atoms with E-state index in [0.29, 0.717) is 16.9 Å². The van der Waals surface area contributed by atoms with Crippen molar-refractivity contribution in [2.45, 2.75) is 12.7 Å². The van der Waals surface area contributed by atoms with Crippen LogP contribution in [0.2, 0.25) is 0 Å². The van der Waals surface area contributed by atoms with Crippen LogP contribution in [0.4, 0.5) is 19.0 Å². The van der Waals surface area contributed by atoms with Gasteiger partial charge in [0.05, 0.1) is 22.8 Å². The van der Waals surface area contributed by atoms with Gasteiger partial charge in [-0.15, -0.1) is 0 Å². The summed E-state index contributed by atoms with van der Waals surface area (Å²) >= 11 is 0. The van der Waals surface area contributed by atoms with Crippen molar-refractivity contribution < 1.29 is 27.0 Å². The van der Waals surface area contributed by atoms with Gasteiger partial charge in [0.1, 0.15) is 18.1 Å². The first-order valence-corrected chi connectivity index (χ1v) is 10.4. The van der Waals surface area contributed by atoms with Crippen LogP contribution in [0, 0.1) is 0 Å². The number of nitrogens with one attached hydrogen (secondary N) is 1. The highest BCUT2D eigenvalue weighted by atomic mass is 19.4. The van der Waals surface area contributed by atoms with Crippen molar-refractivity contribution in [2.75, 3.05) is 5.73 Å². The summed E-state index contributed by atoms with van der Waals surface area (Å²) in [7, 11) is 0. The molecule has 0 radical (unpaired) electrons. The summed E-state index contributed by atoms with van der Waals surface area (Å²) in [5.41, 5.74) is 9.13. The van der Waals surface area contributed by atoms with Crippen LogP contribution in [0.3, 0.4) is 0 Å². The van der Waals surface area contributed by atoms with Crippen molar-refractivity contribution in [3.05, 3.63) is 72.0 Å². The Morgan fingerprint density at radius 3 is 2.72 bits per heavy atom. The number of para-hydroxylation sites is 2. The second-order valence-electron chi connectivity index (χ2n) is 7.58. The number of imidazole rings is 1. The van der Waals surface area contributed by atoms with E-state index in [0.717, 1.165) is 12.1 Å².